The van der Waals surface area contributed by atoms with E-state index in [9.17, 15) is 9.90 Å². The zero-order valence-electron chi connectivity index (χ0n) is 20.3. The molecule has 2 N–H and O–H groups in total. The second-order valence-corrected chi connectivity index (χ2v) is 9.25. The molecule has 0 fully saturated rings. The number of oxime groups is 1. The summed E-state index contributed by atoms with van der Waals surface area (Å²) < 4.78 is 1.82. The quantitative estimate of drug-likeness (QED) is 0.106. The third-order valence-electron chi connectivity index (χ3n) is 6.02. The minimum absolute atomic E-state index is 0.196. The predicted molar refractivity (Wildman–Crippen MR) is 147 cm³/mol. The number of aliphatic carboxylic acids is 1. The van der Waals surface area contributed by atoms with E-state index in [1.807, 2.05) is 59.2 Å². The van der Waals surface area contributed by atoms with Crippen LogP contribution in [-0.4, -0.2) is 37.9 Å². The Bertz CT molecular complexity index is 1390. The first-order valence-corrected chi connectivity index (χ1v) is 12.8. The summed E-state index contributed by atoms with van der Waals surface area (Å²) in [6, 6.07) is 30.4. The number of aromatic nitrogens is 3. The Morgan fingerprint density at radius 3 is 2.03 bits per heavy atom. The van der Waals surface area contributed by atoms with Crippen LogP contribution < -0.4 is 5.32 Å². The van der Waals surface area contributed by atoms with E-state index < -0.39 is 11.5 Å². The van der Waals surface area contributed by atoms with Gasteiger partial charge in [-0.25, -0.2) is 14.8 Å². The minimum atomic E-state index is -1.22. The number of carboxylic acids is 1. The normalized spacial score (nSPS) is 11.7. The van der Waals surface area contributed by atoms with E-state index in [0.717, 1.165) is 16.7 Å². The van der Waals surface area contributed by atoms with Crippen LogP contribution in [-0.2, 0) is 21.7 Å². The highest BCUT2D eigenvalue weighted by Crippen LogP contribution is 2.40. The van der Waals surface area contributed by atoms with E-state index in [0.29, 0.717) is 11.7 Å². The van der Waals surface area contributed by atoms with Gasteiger partial charge in [0.2, 0.25) is 5.71 Å². The maximum absolute atomic E-state index is 12.0. The zero-order chi connectivity index (χ0) is 26.2. The molecule has 190 valence electrons. The number of hydrogen-bond acceptors (Lipinski definition) is 7. The molecule has 5 rings (SSSR count). The summed E-state index contributed by atoms with van der Waals surface area (Å²) in [4.78, 5) is 25.9. The van der Waals surface area contributed by atoms with Crippen molar-refractivity contribution in [1.82, 2.24) is 14.5 Å². The molecule has 8 nitrogen and oxygen atoms in total. The molecule has 0 amide bonds. The van der Waals surface area contributed by atoms with E-state index in [4.69, 9.17) is 4.84 Å². The van der Waals surface area contributed by atoms with Crippen LogP contribution in [0.1, 0.15) is 22.4 Å². The maximum atomic E-state index is 12.0. The Kier molecular flexibility index (Phi) is 7.56. The van der Waals surface area contributed by atoms with Crippen LogP contribution in [0.4, 0.5) is 5.13 Å². The Balaban J connectivity index is 1.50. The summed E-state index contributed by atoms with van der Waals surface area (Å²) in [7, 11) is 0. The number of nitrogens with zero attached hydrogens (tertiary/aromatic N) is 4. The van der Waals surface area contributed by atoms with Gasteiger partial charge in [-0.05, 0) is 16.7 Å². The average Bonchev–Trinajstić information content (AvgIpc) is 3.65. The first kappa shape index (κ1) is 24.9. The number of rotatable bonds is 11. The van der Waals surface area contributed by atoms with Crippen molar-refractivity contribution >= 4 is 28.1 Å². The number of thiazole rings is 1. The Morgan fingerprint density at radius 2 is 1.53 bits per heavy atom. The van der Waals surface area contributed by atoms with Gasteiger partial charge in [0.15, 0.2) is 5.13 Å². The SMILES string of the molecule is O=C(O)C(=NOCCn1ccnc1)c1csc(NC(c2ccccc2)(c2ccccc2)c2ccccc2)n1. The van der Waals surface area contributed by atoms with Gasteiger partial charge in [-0.2, -0.15) is 0 Å². The second-order valence-electron chi connectivity index (χ2n) is 8.39. The zero-order valence-corrected chi connectivity index (χ0v) is 21.2. The minimum Gasteiger partial charge on any atom is -0.476 e. The molecule has 0 aliphatic heterocycles. The number of carbonyl (C=O) groups is 1. The highest BCUT2D eigenvalue weighted by molar-refractivity contribution is 7.14. The van der Waals surface area contributed by atoms with E-state index >= 15 is 0 Å². The van der Waals surface area contributed by atoms with E-state index in [-0.39, 0.29) is 18.0 Å². The predicted octanol–water partition coefficient (Wildman–Crippen LogP) is 5.25. The van der Waals surface area contributed by atoms with Crippen LogP contribution in [0.15, 0.2) is 120 Å². The summed E-state index contributed by atoms with van der Waals surface area (Å²) in [6.45, 7) is 0.690. The van der Waals surface area contributed by atoms with Crippen LogP contribution in [0.25, 0.3) is 0 Å². The highest BCUT2D eigenvalue weighted by atomic mass is 32.1. The third kappa shape index (κ3) is 5.33. The molecule has 0 atom stereocenters. The van der Waals surface area contributed by atoms with Gasteiger partial charge in [-0.3, -0.25) is 0 Å². The summed E-state index contributed by atoms with van der Waals surface area (Å²) >= 11 is 1.31. The van der Waals surface area contributed by atoms with Gasteiger partial charge in [-0.1, -0.05) is 96.2 Å². The molecule has 3 aromatic carbocycles. The van der Waals surface area contributed by atoms with Crippen LogP contribution >= 0.6 is 11.3 Å². The largest absolute Gasteiger partial charge is 0.476 e. The number of benzene rings is 3. The summed E-state index contributed by atoms with van der Waals surface area (Å²) in [6.07, 6.45) is 5.11. The Labute approximate surface area is 223 Å². The molecule has 0 saturated carbocycles. The molecular weight excluding hydrogens is 498 g/mol. The lowest BCUT2D eigenvalue weighted by Gasteiger charge is -2.36. The summed E-state index contributed by atoms with van der Waals surface area (Å²) in [5.74, 6) is -1.22. The second kappa shape index (κ2) is 11.5. The van der Waals surface area contributed by atoms with Gasteiger partial charge in [0.1, 0.15) is 17.8 Å². The lowest BCUT2D eigenvalue weighted by Crippen LogP contribution is -2.38. The number of hydrogen-bond donors (Lipinski definition) is 2. The third-order valence-corrected chi connectivity index (χ3v) is 6.78. The van der Waals surface area contributed by atoms with Crippen LogP contribution in [0.3, 0.4) is 0 Å². The highest BCUT2D eigenvalue weighted by Gasteiger charge is 2.37. The smallest absolute Gasteiger partial charge is 0.360 e. The van der Waals surface area contributed by atoms with Crippen molar-refractivity contribution in [2.24, 2.45) is 5.16 Å². The molecule has 38 heavy (non-hydrogen) atoms. The first-order chi connectivity index (χ1) is 18.7. The van der Waals surface area contributed by atoms with Gasteiger partial charge in [0.25, 0.3) is 0 Å². The topological polar surface area (TPSA) is 102 Å². The molecule has 0 saturated heterocycles. The van der Waals surface area contributed by atoms with Crippen LogP contribution in [0.5, 0.6) is 0 Å². The molecule has 0 spiro atoms. The van der Waals surface area contributed by atoms with Crippen molar-refractivity contribution in [1.29, 1.82) is 0 Å². The first-order valence-electron chi connectivity index (χ1n) is 12.0. The number of nitrogens with one attached hydrogen (secondary N) is 1. The molecule has 9 heteroatoms. The maximum Gasteiger partial charge on any atom is 0.360 e. The molecule has 0 bridgehead atoms. The van der Waals surface area contributed by atoms with Crippen molar-refractivity contribution < 1.29 is 14.7 Å². The van der Waals surface area contributed by atoms with E-state index in [2.05, 4.69) is 56.8 Å². The average molecular weight is 524 g/mol. The van der Waals surface area contributed by atoms with Gasteiger partial charge in [0, 0.05) is 17.8 Å². The molecular formula is C29H25N5O3S. The van der Waals surface area contributed by atoms with E-state index in [1.54, 1.807) is 24.1 Å². The van der Waals surface area contributed by atoms with Gasteiger partial charge in [-0.15, -0.1) is 11.3 Å². The Hall–Kier alpha value is -4.76. The molecule has 0 aliphatic carbocycles. The number of carboxylic acid groups (broad SMARTS) is 1. The molecule has 2 heterocycles. The summed E-state index contributed by atoms with van der Waals surface area (Å²) in [5, 5.41) is 19.5. The van der Waals surface area contributed by atoms with Crippen molar-refractivity contribution in [2.45, 2.75) is 12.1 Å². The fourth-order valence-electron chi connectivity index (χ4n) is 4.25. The molecule has 5 aromatic rings. The summed E-state index contributed by atoms with van der Waals surface area (Å²) in [5.41, 5.74) is 2.23. The van der Waals surface area contributed by atoms with Crippen molar-refractivity contribution in [3.05, 3.63) is 137 Å². The molecule has 0 aliphatic rings. The van der Waals surface area contributed by atoms with Crippen LogP contribution in [0.2, 0.25) is 0 Å². The van der Waals surface area contributed by atoms with Gasteiger partial charge < -0.3 is 19.8 Å². The number of imidazole rings is 1. The molecule has 2 aromatic heterocycles. The van der Waals surface area contributed by atoms with Crippen molar-refractivity contribution in [2.75, 3.05) is 11.9 Å². The molecule has 0 unspecified atom stereocenters. The monoisotopic (exact) mass is 523 g/mol. The lowest BCUT2D eigenvalue weighted by molar-refractivity contribution is -0.129. The van der Waals surface area contributed by atoms with Gasteiger partial charge >= 0.3 is 5.97 Å². The Morgan fingerprint density at radius 1 is 0.947 bits per heavy atom. The standard InChI is InChI=1S/C29H25N5O3S/c35-27(36)26(33-37-19-18-34-17-16-30-21-34)25-20-38-28(31-25)32-29(22-10-4-1-5-11-22,23-12-6-2-7-13-23)24-14-8-3-9-15-24/h1-17,20-21H,18-19H2,(H,31,32)(H,35,36). The lowest BCUT2D eigenvalue weighted by atomic mass is 9.77. The van der Waals surface area contributed by atoms with Crippen molar-refractivity contribution in [3.63, 3.8) is 0 Å². The van der Waals surface area contributed by atoms with Gasteiger partial charge in [0.05, 0.1) is 12.9 Å². The van der Waals surface area contributed by atoms with E-state index in [1.165, 1.54) is 11.3 Å². The number of anilines is 1. The fraction of sp³-hybridized carbons (Fsp3) is 0.103. The molecule has 0 radical (unpaired) electrons. The van der Waals surface area contributed by atoms with Crippen LogP contribution in [0, 0.1) is 0 Å². The van der Waals surface area contributed by atoms with Crippen molar-refractivity contribution in [3.8, 4) is 0 Å². The fourth-order valence-corrected chi connectivity index (χ4v) is 5.00.